The monoisotopic (exact) mass is 441 g/mol. The summed E-state index contributed by atoms with van der Waals surface area (Å²) in [4.78, 5) is 11.0. The van der Waals surface area contributed by atoms with Gasteiger partial charge in [-0.1, -0.05) is 18.2 Å². The lowest BCUT2D eigenvalue weighted by Crippen LogP contribution is -2.47. The second kappa shape index (κ2) is 8.50. The summed E-state index contributed by atoms with van der Waals surface area (Å²) in [6.07, 6.45) is 0. The highest BCUT2D eigenvalue weighted by Crippen LogP contribution is 2.22. The van der Waals surface area contributed by atoms with E-state index in [2.05, 4.69) is 48.5 Å². The molecule has 0 fully saturated rings. The fourth-order valence-corrected chi connectivity index (χ4v) is 2.32. The SMILES string of the molecule is CN=C(NCc1cc(N(C)C)nc2ccccc12)NC(C)(C)C.I. The van der Waals surface area contributed by atoms with Crippen molar-refractivity contribution in [3.63, 3.8) is 0 Å². The van der Waals surface area contributed by atoms with Crippen molar-refractivity contribution in [2.24, 2.45) is 4.99 Å². The van der Waals surface area contributed by atoms with E-state index in [1.54, 1.807) is 7.05 Å². The van der Waals surface area contributed by atoms with E-state index >= 15 is 0 Å². The Kier molecular flexibility index (Phi) is 7.26. The fourth-order valence-electron chi connectivity index (χ4n) is 2.32. The maximum absolute atomic E-state index is 4.69. The predicted octanol–water partition coefficient (Wildman–Crippen LogP) is 3.38. The van der Waals surface area contributed by atoms with Gasteiger partial charge in [-0.3, -0.25) is 4.99 Å². The number of hydrogen-bond donors (Lipinski definition) is 2. The molecule has 2 aromatic rings. The second-order valence-corrected chi connectivity index (χ2v) is 6.85. The Hall–Kier alpha value is -1.57. The summed E-state index contributed by atoms with van der Waals surface area (Å²) in [7, 11) is 5.81. The number of halogens is 1. The van der Waals surface area contributed by atoms with Crippen molar-refractivity contribution in [2.75, 3.05) is 26.0 Å². The average Bonchev–Trinajstić information content (AvgIpc) is 2.49. The molecule has 0 aliphatic rings. The highest BCUT2D eigenvalue weighted by molar-refractivity contribution is 14.0. The number of nitrogens with one attached hydrogen (secondary N) is 2. The van der Waals surface area contributed by atoms with Crippen molar-refractivity contribution in [2.45, 2.75) is 32.9 Å². The molecule has 0 atom stereocenters. The van der Waals surface area contributed by atoms with E-state index in [4.69, 9.17) is 4.98 Å². The molecule has 1 heterocycles. The van der Waals surface area contributed by atoms with Crippen molar-refractivity contribution in [3.05, 3.63) is 35.9 Å². The zero-order chi connectivity index (χ0) is 17.0. The summed E-state index contributed by atoms with van der Waals surface area (Å²) in [6.45, 7) is 7.04. The van der Waals surface area contributed by atoms with Crippen LogP contribution in [0.2, 0.25) is 0 Å². The molecule has 2 N–H and O–H groups in total. The van der Waals surface area contributed by atoms with Crippen molar-refractivity contribution in [1.29, 1.82) is 0 Å². The van der Waals surface area contributed by atoms with E-state index in [0.717, 1.165) is 22.7 Å². The molecule has 0 unspecified atom stereocenters. The van der Waals surface area contributed by atoms with Gasteiger partial charge in [0.05, 0.1) is 5.52 Å². The molecule has 0 amide bonds. The van der Waals surface area contributed by atoms with Gasteiger partial charge >= 0.3 is 0 Å². The van der Waals surface area contributed by atoms with Crippen LogP contribution in [0.25, 0.3) is 10.9 Å². The molecule has 0 radical (unpaired) electrons. The molecule has 1 aromatic heterocycles. The molecular weight excluding hydrogens is 413 g/mol. The van der Waals surface area contributed by atoms with Gasteiger partial charge < -0.3 is 15.5 Å². The normalized spacial score (nSPS) is 11.8. The lowest BCUT2D eigenvalue weighted by molar-refractivity contribution is 0.501. The topological polar surface area (TPSA) is 52.6 Å². The summed E-state index contributed by atoms with van der Waals surface area (Å²) in [5.41, 5.74) is 2.18. The van der Waals surface area contributed by atoms with Gasteiger partial charge in [0.2, 0.25) is 0 Å². The number of aliphatic imine (C=N–C) groups is 1. The fraction of sp³-hybridized carbons (Fsp3) is 0.444. The Morgan fingerprint density at radius 2 is 1.88 bits per heavy atom. The summed E-state index contributed by atoms with van der Waals surface area (Å²) < 4.78 is 0. The average molecular weight is 441 g/mol. The van der Waals surface area contributed by atoms with Crippen LogP contribution in [-0.4, -0.2) is 37.6 Å². The number of fused-ring (bicyclic) bond motifs is 1. The summed E-state index contributed by atoms with van der Waals surface area (Å²) in [5, 5.41) is 7.93. The quantitative estimate of drug-likeness (QED) is 0.436. The number of benzene rings is 1. The Balaban J connectivity index is 0.00000288. The Morgan fingerprint density at radius 3 is 2.46 bits per heavy atom. The third-order valence-corrected chi connectivity index (χ3v) is 3.41. The first kappa shape index (κ1) is 20.5. The highest BCUT2D eigenvalue weighted by Gasteiger charge is 2.12. The number of para-hydroxylation sites is 1. The van der Waals surface area contributed by atoms with Gasteiger partial charge in [0.25, 0.3) is 0 Å². The Labute approximate surface area is 162 Å². The maximum Gasteiger partial charge on any atom is 0.191 e. The molecule has 0 aliphatic carbocycles. The number of aromatic nitrogens is 1. The minimum atomic E-state index is -0.0308. The van der Waals surface area contributed by atoms with Gasteiger partial charge in [-0.15, -0.1) is 24.0 Å². The first-order chi connectivity index (χ1) is 10.8. The standard InChI is InChI=1S/C18H27N5.HI/c1-18(2,3)22-17(19-4)20-12-13-11-16(23(5)6)21-15-10-8-7-9-14(13)15;/h7-11H,12H2,1-6H3,(H2,19,20,22);1H. The van der Waals surface area contributed by atoms with E-state index in [1.807, 2.05) is 37.2 Å². The molecule has 0 aliphatic heterocycles. The second-order valence-electron chi connectivity index (χ2n) is 6.85. The summed E-state index contributed by atoms with van der Waals surface area (Å²) >= 11 is 0. The number of pyridine rings is 1. The van der Waals surface area contributed by atoms with Gasteiger partial charge in [0.1, 0.15) is 5.82 Å². The Bertz CT molecular complexity index is 704. The van der Waals surface area contributed by atoms with E-state index in [0.29, 0.717) is 6.54 Å². The van der Waals surface area contributed by atoms with E-state index < -0.39 is 0 Å². The molecule has 0 spiro atoms. The zero-order valence-electron chi connectivity index (χ0n) is 15.3. The van der Waals surface area contributed by atoms with Crippen LogP contribution in [0.4, 0.5) is 5.82 Å². The molecule has 132 valence electrons. The molecule has 0 bridgehead atoms. The zero-order valence-corrected chi connectivity index (χ0v) is 17.7. The van der Waals surface area contributed by atoms with Gasteiger partial charge in [-0.2, -0.15) is 0 Å². The van der Waals surface area contributed by atoms with Crippen LogP contribution in [-0.2, 0) is 6.54 Å². The molecule has 5 nitrogen and oxygen atoms in total. The summed E-state index contributed by atoms with van der Waals surface area (Å²) in [6, 6.07) is 10.4. The first-order valence-electron chi connectivity index (χ1n) is 7.85. The van der Waals surface area contributed by atoms with Gasteiger partial charge in [0.15, 0.2) is 5.96 Å². The van der Waals surface area contributed by atoms with Crippen LogP contribution in [0, 0.1) is 0 Å². The smallest absolute Gasteiger partial charge is 0.191 e. The van der Waals surface area contributed by atoms with E-state index in [-0.39, 0.29) is 29.5 Å². The lowest BCUT2D eigenvalue weighted by Gasteiger charge is -2.24. The van der Waals surface area contributed by atoms with Crippen LogP contribution in [0.1, 0.15) is 26.3 Å². The molecular formula is C18H28IN5. The number of hydrogen-bond acceptors (Lipinski definition) is 3. The minimum Gasteiger partial charge on any atom is -0.363 e. The molecule has 0 saturated carbocycles. The summed E-state index contributed by atoms with van der Waals surface area (Å²) in [5.74, 6) is 1.75. The number of anilines is 1. The first-order valence-corrected chi connectivity index (χ1v) is 7.85. The van der Waals surface area contributed by atoms with Gasteiger partial charge in [-0.25, -0.2) is 4.98 Å². The van der Waals surface area contributed by atoms with Crippen molar-refractivity contribution in [1.82, 2.24) is 15.6 Å². The largest absolute Gasteiger partial charge is 0.363 e. The minimum absolute atomic E-state index is 0. The number of rotatable bonds is 3. The van der Waals surface area contributed by atoms with E-state index in [1.165, 1.54) is 5.56 Å². The predicted molar refractivity (Wildman–Crippen MR) is 115 cm³/mol. The molecule has 2 rings (SSSR count). The van der Waals surface area contributed by atoms with Crippen LogP contribution in [0.3, 0.4) is 0 Å². The third-order valence-electron chi connectivity index (χ3n) is 3.41. The van der Waals surface area contributed by atoms with Crippen molar-refractivity contribution in [3.8, 4) is 0 Å². The highest BCUT2D eigenvalue weighted by atomic mass is 127. The number of guanidine groups is 1. The maximum atomic E-state index is 4.69. The molecule has 24 heavy (non-hydrogen) atoms. The van der Waals surface area contributed by atoms with Crippen molar-refractivity contribution < 1.29 is 0 Å². The third kappa shape index (κ3) is 5.51. The van der Waals surface area contributed by atoms with Crippen LogP contribution in [0.15, 0.2) is 35.3 Å². The van der Waals surface area contributed by atoms with Gasteiger partial charge in [0, 0.05) is 38.6 Å². The Morgan fingerprint density at radius 1 is 1.21 bits per heavy atom. The van der Waals surface area contributed by atoms with Gasteiger partial charge in [-0.05, 0) is 38.5 Å². The molecule has 6 heteroatoms. The van der Waals surface area contributed by atoms with Crippen LogP contribution >= 0.6 is 24.0 Å². The molecule has 0 saturated heterocycles. The van der Waals surface area contributed by atoms with Crippen molar-refractivity contribution >= 4 is 46.7 Å². The number of nitrogens with zero attached hydrogens (tertiary/aromatic N) is 3. The van der Waals surface area contributed by atoms with Crippen LogP contribution < -0.4 is 15.5 Å². The van der Waals surface area contributed by atoms with Crippen LogP contribution in [0.5, 0.6) is 0 Å². The lowest BCUT2D eigenvalue weighted by atomic mass is 10.1. The molecule has 1 aromatic carbocycles. The van der Waals surface area contributed by atoms with E-state index in [9.17, 15) is 0 Å².